The minimum Gasteiger partial charge on any atom is -0.423 e. The van der Waals surface area contributed by atoms with Gasteiger partial charge in [-0.15, -0.1) is 0 Å². The van der Waals surface area contributed by atoms with E-state index in [1.165, 1.54) is 0 Å². The van der Waals surface area contributed by atoms with Crippen molar-refractivity contribution < 1.29 is 23.6 Å². The number of ether oxygens (including phenoxy) is 1. The van der Waals surface area contributed by atoms with Gasteiger partial charge in [-0.3, -0.25) is 4.79 Å². The first-order chi connectivity index (χ1) is 18.1. The van der Waals surface area contributed by atoms with Gasteiger partial charge in [-0.2, -0.15) is 5.26 Å². The standard InChI is InChI=1S/C29H38BN3O5/c1-27(2)20-17-22(27)28(3)23(18-20)37-30(38-28)24(16-19-8-6-5-7-9-19)32(4)26(35)36-29-13-10-21(11-14-29)33(29)25(34)12-15-31/h5-9,20-24H,10-14,16-18H2,1-4H3/t20-,21?,22-,23+,24-,28-,29?/m0/s1. The second kappa shape index (κ2) is 8.99. The van der Waals surface area contributed by atoms with Crippen molar-refractivity contribution in [3.05, 3.63) is 35.9 Å². The fourth-order valence-electron chi connectivity index (χ4n) is 8.32. The summed E-state index contributed by atoms with van der Waals surface area (Å²) in [5.74, 6) is 0.401. The van der Waals surface area contributed by atoms with Gasteiger partial charge in [-0.1, -0.05) is 44.2 Å². The molecule has 0 unspecified atom stereocenters. The van der Waals surface area contributed by atoms with Crippen LogP contribution in [0, 0.1) is 28.6 Å². The third-order valence-corrected chi connectivity index (χ3v) is 10.7. The lowest BCUT2D eigenvalue weighted by molar-refractivity contribution is -0.199. The monoisotopic (exact) mass is 519 g/mol. The molecule has 0 N–H and O–H groups in total. The summed E-state index contributed by atoms with van der Waals surface area (Å²) in [7, 11) is 1.17. The van der Waals surface area contributed by atoms with E-state index in [0.717, 1.165) is 31.2 Å². The number of carbonyl (C=O) groups excluding carboxylic acids is 2. The fourth-order valence-corrected chi connectivity index (χ4v) is 8.32. The Balaban J connectivity index is 1.24. The zero-order chi connectivity index (χ0) is 26.9. The van der Waals surface area contributed by atoms with Crippen LogP contribution in [-0.4, -0.2) is 65.4 Å². The third-order valence-electron chi connectivity index (χ3n) is 10.7. The van der Waals surface area contributed by atoms with Gasteiger partial charge in [0.1, 0.15) is 6.42 Å². The summed E-state index contributed by atoms with van der Waals surface area (Å²) >= 11 is 0. The number of hydrogen-bond acceptors (Lipinski definition) is 6. The molecule has 6 aliphatic rings. The molecule has 4 bridgehead atoms. The second-order valence-electron chi connectivity index (χ2n) is 12.8. The molecule has 0 radical (unpaired) electrons. The first-order valence-corrected chi connectivity index (χ1v) is 14.1. The smallest absolute Gasteiger partial charge is 0.423 e. The van der Waals surface area contributed by atoms with Crippen LogP contribution in [-0.2, 0) is 25.3 Å². The quantitative estimate of drug-likeness (QED) is 0.520. The van der Waals surface area contributed by atoms with E-state index in [1.54, 1.807) is 16.8 Å². The molecule has 2 amide bonds. The van der Waals surface area contributed by atoms with E-state index in [9.17, 15) is 9.59 Å². The lowest BCUT2D eigenvalue weighted by Gasteiger charge is -2.64. The van der Waals surface area contributed by atoms with Crippen molar-refractivity contribution in [1.82, 2.24) is 9.80 Å². The number of amides is 2. The molecule has 3 saturated heterocycles. The Labute approximate surface area is 225 Å². The zero-order valence-electron chi connectivity index (χ0n) is 22.9. The number of hydrogen-bond donors (Lipinski definition) is 0. The van der Waals surface area contributed by atoms with Crippen molar-refractivity contribution in [2.45, 2.75) is 102 Å². The SMILES string of the molecule is CN(C(=O)OC12CCC(CC1)N2C(=O)CC#N)[C@@H](Cc1ccccc1)B1O[C@@H]2C[C@@H]3C[C@@H](C3(C)C)[C@]2(C)O1. The molecule has 202 valence electrons. The molecular formula is C29H38BN3O5. The highest BCUT2D eigenvalue weighted by Gasteiger charge is 2.69. The normalized spacial score (nSPS) is 36.7. The zero-order valence-corrected chi connectivity index (χ0v) is 22.9. The molecule has 3 heterocycles. The van der Waals surface area contributed by atoms with Gasteiger partial charge in [-0.25, -0.2) is 4.79 Å². The van der Waals surface area contributed by atoms with E-state index in [0.29, 0.717) is 31.1 Å². The Bertz CT molecular complexity index is 1150. The second-order valence-corrected chi connectivity index (χ2v) is 12.8. The lowest BCUT2D eigenvalue weighted by Crippen LogP contribution is -2.65. The highest BCUT2D eigenvalue weighted by molar-refractivity contribution is 6.47. The molecule has 1 aromatic carbocycles. The minimum absolute atomic E-state index is 0.00933. The Kier molecular flexibility index (Phi) is 6.08. The van der Waals surface area contributed by atoms with Crippen molar-refractivity contribution >= 4 is 19.1 Å². The van der Waals surface area contributed by atoms with Crippen LogP contribution in [0.25, 0.3) is 0 Å². The van der Waals surface area contributed by atoms with E-state index >= 15 is 0 Å². The van der Waals surface area contributed by atoms with Crippen molar-refractivity contribution in [3.63, 3.8) is 0 Å². The van der Waals surface area contributed by atoms with Gasteiger partial charge in [0.2, 0.25) is 5.91 Å². The van der Waals surface area contributed by atoms with Crippen molar-refractivity contribution in [3.8, 4) is 6.07 Å². The van der Waals surface area contributed by atoms with Crippen molar-refractivity contribution in [1.29, 1.82) is 5.26 Å². The maximum atomic E-state index is 13.8. The molecule has 9 heteroatoms. The number of nitriles is 1. The van der Waals surface area contributed by atoms with Gasteiger partial charge in [0.05, 0.1) is 23.7 Å². The summed E-state index contributed by atoms with van der Waals surface area (Å²) in [5, 5.41) is 9.10. The van der Waals surface area contributed by atoms with Crippen LogP contribution >= 0.6 is 0 Å². The van der Waals surface area contributed by atoms with Gasteiger partial charge in [0.25, 0.3) is 0 Å². The maximum Gasteiger partial charge on any atom is 0.482 e. The fraction of sp³-hybridized carbons (Fsp3) is 0.690. The Morgan fingerprint density at radius 1 is 1.21 bits per heavy atom. The first-order valence-electron chi connectivity index (χ1n) is 14.1. The molecule has 0 spiro atoms. The van der Waals surface area contributed by atoms with E-state index < -0.39 is 24.9 Å². The summed E-state index contributed by atoms with van der Waals surface area (Å²) in [6.07, 6.45) is 4.80. The van der Waals surface area contributed by atoms with Crippen LogP contribution in [0.4, 0.5) is 4.79 Å². The molecule has 5 atom stereocenters. The van der Waals surface area contributed by atoms with Crippen LogP contribution in [0.5, 0.6) is 0 Å². The molecule has 0 aromatic heterocycles. The Morgan fingerprint density at radius 2 is 1.92 bits per heavy atom. The molecule has 6 fully saturated rings. The van der Waals surface area contributed by atoms with Crippen LogP contribution in [0.3, 0.4) is 0 Å². The van der Waals surface area contributed by atoms with E-state index in [-0.39, 0.29) is 35.5 Å². The molecule has 38 heavy (non-hydrogen) atoms. The van der Waals surface area contributed by atoms with E-state index in [4.69, 9.17) is 19.3 Å². The topological polar surface area (TPSA) is 92.1 Å². The number of rotatable bonds is 6. The van der Waals surface area contributed by atoms with Gasteiger partial charge < -0.3 is 23.8 Å². The largest absolute Gasteiger partial charge is 0.482 e. The summed E-state index contributed by atoms with van der Waals surface area (Å²) in [6, 6.07) is 12.1. The highest BCUT2D eigenvalue weighted by Crippen LogP contribution is 2.65. The summed E-state index contributed by atoms with van der Waals surface area (Å²) < 4.78 is 19.6. The van der Waals surface area contributed by atoms with E-state index in [2.05, 4.69) is 32.9 Å². The van der Waals surface area contributed by atoms with Gasteiger partial charge in [-0.05, 0) is 61.8 Å². The van der Waals surface area contributed by atoms with Gasteiger partial charge in [0, 0.05) is 25.9 Å². The molecule has 7 rings (SSSR count). The van der Waals surface area contributed by atoms with Crippen molar-refractivity contribution in [2.75, 3.05) is 7.05 Å². The first kappa shape index (κ1) is 25.7. The Hall–Kier alpha value is -2.57. The summed E-state index contributed by atoms with van der Waals surface area (Å²) in [4.78, 5) is 29.8. The number of benzene rings is 1. The molecule has 3 saturated carbocycles. The van der Waals surface area contributed by atoms with Gasteiger partial charge >= 0.3 is 13.2 Å². The molecule has 3 aliphatic heterocycles. The number of nitrogens with zero attached hydrogens (tertiary/aromatic N) is 3. The molecular weight excluding hydrogens is 481 g/mol. The number of carbonyl (C=O) groups is 2. The average molecular weight is 519 g/mol. The van der Waals surface area contributed by atoms with Crippen molar-refractivity contribution in [2.24, 2.45) is 17.3 Å². The third kappa shape index (κ3) is 3.78. The highest BCUT2D eigenvalue weighted by atomic mass is 16.7. The molecule has 3 aliphatic carbocycles. The maximum absolute atomic E-state index is 13.8. The Morgan fingerprint density at radius 3 is 2.58 bits per heavy atom. The predicted octanol–water partition coefficient (Wildman–Crippen LogP) is 4.33. The molecule has 1 aromatic rings. The van der Waals surface area contributed by atoms with E-state index in [1.807, 2.05) is 24.3 Å². The van der Waals surface area contributed by atoms with Crippen LogP contribution in [0.2, 0.25) is 0 Å². The van der Waals surface area contributed by atoms with Gasteiger partial charge in [0.15, 0.2) is 5.72 Å². The summed E-state index contributed by atoms with van der Waals surface area (Å²) in [5.41, 5.74) is -0.0427. The lowest BCUT2D eigenvalue weighted by atomic mass is 9.43. The van der Waals surface area contributed by atoms with Crippen LogP contribution < -0.4 is 0 Å². The van der Waals surface area contributed by atoms with Crippen LogP contribution in [0.1, 0.15) is 71.3 Å². The van der Waals surface area contributed by atoms with Crippen LogP contribution in [0.15, 0.2) is 30.3 Å². The predicted molar refractivity (Wildman–Crippen MR) is 140 cm³/mol. The molecule has 8 nitrogen and oxygen atoms in total. The average Bonchev–Trinajstić information content (AvgIpc) is 3.55. The number of likely N-dealkylation sites (N-methyl/N-ethyl adjacent to an activating group) is 1. The minimum atomic E-state index is -0.968. The summed E-state index contributed by atoms with van der Waals surface area (Å²) in [6.45, 7) is 6.86. The number of fused-ring (bicyclic) bond motifs is 2.